The number of piperidine rings is 1. The van der Waals surface area contributed by atoms with Gasteiger partial charge in [0.1, 0.15) is 5.54 Å². The van der Waals surface area contributed by atoms with Gasteiger partial charge in [-0.1, -0.05) is 30.7 Å². The fourth-order valence-electron chi connectivity index (χ4n) is 2.88. The molecule has 0 spiro atoms. The molecular weight excluding hydrogens is 226 g/mol. The van der Waals surface area contributed by atoms with E-state index in [9.17, 15) is 9.90 Å². The van der Waals surface area contributed by atoms with Crippen LogP contribution in [0.15, 0.2) is 24.3 Å². The Labute approximate surface area is 108 Å². The monoisotopic (exact) mass is 247 g/mol. The van der Waals surface area contributed by atoms with Crippen molar-refractivity contribution >= 4 is 5.97 Å². The number of carbonyl (C=O) groups is 1. The number of hydrogen-bond donors (Lipinski definition) is 1. The van der Waals surface area contributed by atoms with Crippen LogP contribution >= 0.6 is 0 Å². The fourth-order valence-corrected chi connectivity index (χ4v) is 2.88. The molecule has 0 unspecified atom stereocenters. The van der Waals surface area contributed by atoms with Crippen molar-refractivity contribution in [1.29, 1.82) is 0 Å². The van der Waals surface area contributed by atoms with Gasteiger partial charge in [-0.25, -0.2) is 4.79 Å². The van der Waals surface area contributed by atoms with E-state index in [-0.39, 0.29) is 0 Å². The number of hydrogen-bond acceptors (Lipinski definition) is 2. The average Bonchev–Trinajstić information content (AvgIpc) is 2.39. The first kappa shape index (κ1) is 13.1. The van der Waals surface area contributed by atoms with E-state index in [0.29, 0.717) is 0 Å². The van der Waals surface area contributed by atoms with Crippen molar-refractivity contribution in [1.82, 2.24) is 4.90 Å². The van der Waals surface area contributed by atoms with Gasteiger partial charge in [-0.15, -0.1) is 0 Å². The molecule has 3 heteroatoms. The topological polar surface area (TPSA) is 40.5 Å². The molecule has 0 saturated carbocycles. The van der Waals surface area contributed by atoms with Gasteiger partial charge in [0.2, 0.25) is 0 Å². The highest BCUT2D eigenvalue weighted by Gasteiger charge is 2.42. The van der Waals surface area contributed by atoms with Gasteiger partial charge in [0.05, 0.1) is 0 Å². The van der Waals surface area contributed by atoms with E-state index in [1.165, 1.54) is 6.42 Å². The number of aryl methyl sites for hydroxylation is 1. The summed E-state index contributed by atoms with van der Waals surface area (Å²) in [7, 11) is 0. The Morgan fingerprint density at radius 3 is 2.39 bits per heavy atom. The number of carboxylic acids is 1. The van der Waals surface area contributed by atoms with Crippen molar-refractivity contribution in [2.75, 3.05) is 13.1 Å². The molecule has 3 nitrogen and oxygen atoms in total. The van der Waals surface area contributed by atoms with Crippen LogP contribution in [0, 0.1) is 6.92 Å². The molecular formula is C15H21NO2. The van der Waals surface area contributed by atoms with E-state index in [0.717, 1.165) is 37.1 Å². The summed E-state index contributed by atoms with van der Waals surface area (Å²) in [6.07, 6.45) is 3.39. The first-order valence-corrected chi connectivity index (χ1v) is 6.61. The second-order valence-corrected chi connectivity index (χ2v) is 5.24. The van der Waals surface area contributed by atoms with Gasteiger partial charge in [-0.3, -0.25) is 4.90 Å². The third-order valence-corrected chi connectivity index (χ3v) is 4.07. The lowest BCUT2D eigenvalue weighted by Crippen LogP contribution is -2.52. The van der Waals surface area contributed by atoms with Crippen LogP contribution in [-0.4, -0.2) is 29.1 Å². The molecule has 1 aromatic rings. The first-order chi connectivity index (χ1) is 8.56. The summed E-state index contributed by atoms with van der Waals surface area (Å²) in [5, 5.41) is 9.72. The number of benzene rings is 1. The number of carboxylic acid groups (broad SMARTS) is 1. The van der Waals surface area contributed by atoms with E-state index in [2.05, 4.69) is 4.90 Å². The van der Waals surface area contributed by atoms with Crippen LogP contribution < -0.4 is 0 Å². The first-order valence-electron chi connectivity index (χ1n) is 6.61. The lowest BCUT2D eigenvalue weighted by molar-refractivity contribution is -0.152. The van der Waals surface area contributed by atoms with Crippen LogP contribution in [0.25, 0.3) is 0 Å². The molecule has 1 saturated heterocycles. The normalized spacial score (nSPS) is 20.3. The minimum Gasteiger partial charge on any atom is -0.480 e. The summed E-state index contributed by atoms with van der Waals surface area (Å²) < 4.78 is 0. The van der Waals surface area contributed by atoms with E-state index < -0.39 is 11.5 Å². The Hall–Kier alpha value is -1.35. The van der Waals surface area contributed by atoms with Crippen molar-refractivity contribution in [3.05, 3.63) is 35.4 Å². The molecule has 1 atom stereocenters. The molecule has 0 amide bonds. The molecule has 0 bridgehead atoms. The third kappa shape index (κ3) is 2.15. The Morgan fingerprint density at radius 1 is 1.22 bits per heavy atom. The smallest absolute Gasteiger partial charge is 0.328 e. The molecule has 0 radical (unpaired) electrons. The minimum absolute atomic E-state index is 0.751. The fraction of sp³-hybridized carbons (Fsp3) is 0.533. The van der Waals surface area contributed by atoms with Gasteiger partial charge >= 0.3 is 5.97 Å². The van der Waals surface area contributed by atoms with Crippen LogP contribution in [0.2, 0.25) is 0 Å². The van der Waals surface area contributed by atoms with Crippen molar-refractivity contribution in [3.8, 4) is 0 Å². The predicted octanol–water partition coefficient (Wildman–Crippen LogP) is 2.78. The van der Waals surface area contributed by atoms with Crippen LogP contribution in [0.1, 0.15) is 37.3 Å². The highest BCUT2D eigenvalue weighted by molar-refractivity contribution is 5.80. The summed E-state index contributed by atoms with van der Waals surface area (Å²) in [6, 6.07) is 7.81. The van der Waals surface area contributed by atoms with Gasteiger partial charge in [0.15, 0.2) is 0 Å². The predicted molar refractivity (Wildman–Crippen MR) is 71.6 cm³/mol. The maximum absolute atomic E-state index is 11.8. The Kier molecular flexibility index (Phi) is 3.71. The number of rotatable bonds is 3. The van der Waals surface area contributed by atoms with Crippen molar-refractivity contribution < 1.29 is 9.90 Å². The van der Waals surface area contributed by atoms with Crippen LogP contribution in [0.5, 0.6) is 0 Å². The molecule has 18 heavy (non-hydrogen) atoms. The maximum atomic E-state index is 11.8. The summed E-state index contributed by atoms with van der Waals surface area (Å²) in [6.45, 7) is 5.57. The maximum Gasteiger partial charge on any atom is 0.328 e. The lowest BCUT2D eigenvalue weighted by atomic mass is 9.85. The van der Waals surface area contributed by atoms with E-state index in [4.69, 9.17) is 0 Å². The lowest BCUT2D eigenvalue weighted by Gasteiger charge is -2.41. The van der Waals surface area contributed by atoms with Gasteiger partial charge in [-0.2, -0.15) is 0 Å². The zero-order chi connectivity index (χ0) is 13.2. The molecule has 1 aromatic carbocycles. The van der Waals surface area contributed by atoms with E-state index in [1.807, 2.05) is 38.1 Å². The Morgan fingerprint density at radius 2 is 1.83 bits per heavy atom. The number of likely N-dealkylation sites (tertiary alicyclic amines) is 1. The van der Waals surface area contributed by atoms with Crippen LogP contribution in [0.3, 0.4) is 0 Å². The average molecular weight is 247 g/mol. The van der Waals surface area contributed by atoms with Gasteiger partial charge < -0.3 is 5.11 Å². The summed E-state index contributed by atoms with van der Waals surface area (Å²) in [5.74, 6) is -0.751. The molecule has 98 valence electrons. The zero-order valence-corrected chi connectivity index (χ0v) is 11.1. The highest BCUT2D eigenvalue weighted by atomic mass is 16.4. The molecule has 1 aliphatic rings. The zero-order valence-electron chi connectivity index (χ0n) is 11.1. The molecule has 1 N–H and O–H groups in total. The molecule has 1 heterocycles. The summed E-state index contributed by atoms with van der Waals surface area (Å²) >= 11 is 0. The number of aliphatic carboxylic acids is 1. The van der Waals surface area contributed by atoms with Crippen molar-refractivity contribution in [2.24, 2.45) is 0 Å². The molecule has 0 aromatic heterocycles. The van der Waals surface area contributed by atoms with Crippen LogP contribution in [0.4, 0.5) is 0 Å². The van der Waals surface area contributed by atoms with Crippen molar-refractivity contribution in [3.63, 3.8) is 0 Å². The quantitative estimate of drug-likeness (QED) is 0.893. The number of nitrogens with zero attached hydrogens (tertiary/aromatic N) is 1. The SMILES string of the molecule is Cc1ccccc1[C@](C)(C(=O)O)N1CCCCC1. The Balaban J connectivity index is 2.43. The van der Waals surface area contributed by atoms with E-state index >= 15 is 0 Å². The molecule has 1 aliphatic heterocycles. The Bertz CT molecular complexity index is 438. The summed E-state index contributed by atoms with van der Waals surface area (Å²) in [4.78, 5) is 13.9. The van der Waals surface area contributed by atoms with E-state index in [1.54, 1.807) is 0 Å². The third-order valence-electron chi connectivity index (χ3n) is 4.07. The minimum atomic E-state index is -0.897. The second kappa shape index (κ2) is 5.11. The van der Waals surface area contributed by atoms with Crippen molar-refractivity contribution in [2.45, 2.75) is 38.6 Å². The summed E-state index contributed by atoms with van der Waals surface area (Å²) in [5.41, 5.74) is 1.07. The molecule has 0 aliphatic carbocycles. The largest absolute Gasteiger partial charge is 0.480 e. The van der Waals surface area contributed by atoms with Crippen LogP contribution in [-0.2, 0) is 10.3 Å². The second-order valence-electron chi connectivity index (χ2n) is 5.24. The van der Waals surface area contributed by atoms with Gasteiger partial charge in [0, 0.05) is 0 Å². The molecule has 2 rings (SSSR count). The molecule has 1 fully saturated rings. The van der Waals surface area contributed by atoms with Gasteiger partial charge in [-0.05, 0) is 50.9 Å². The highest BCUT2D eigenvalue weighted by Crippen LogP contribution is 2.33. The standard InChI is InChI=1S/C15H21NO2/c1-12-8-4-5-9-13(12)15(2,14(17)18)16-10-6-3-7-11-16/h4-5,8-9H,3,6-7,10-11H2,1-2H3,(H,17,18)/t15-/m1/s1. The van der Waals surface area contributed by atoms with Gasteiger partial charge in [0.25, 0.3) is 0 Å².